The second kappa shape index (κ2) is 10.4. The molecule has 0 aromatic carbocycles. The van der Waals surface area contributed by atoms with Gasteiger partial charge in [0, 0.05) is 30.1 Å². The van der Waals surface area contributed by atoms with Crippen LogP contribution in [-0.4, -0.2) is 48.1 Å². The summed E-state index contributed by atoms with van der Waals surface area (Å²) in [4.78, 5) is 12.7. The maximum absolute atomic E-state index is 5.94. The molecule has 0 radical (unpaired) electrons. The SMILES string of the molecule is CCc1cnc(CCNC(N)=NCC2CCCN2CC)s1.I. The van der Waals surface area contributed by atoms with Crippen LogP contribution in [0.15, 0.2) is 11.2 Å². The van der Waals surface area contributed by atoms with E-state index in [4.69, 9.17) is 5.73 Å². The predicted octanol–water partition coefficient (Wildman–Crippen LogP) is 2.25. The molecule has 1 atom stereocenters. The fourth-order valence-corrected chi connectivity index (χ4v) is 3.56. The summed E-state index contributed by atoms with van der Waals surface area (Å²) < 4.78 is 0. The Morgan fingerprint density at radius 2 is 2.36 bits per heavy atom. The first-order valence-electron chi connectivity index (χ1n) is 7.94. The molecular weight excluding hydrogens is 409 g/mol. The van der Waals surface area contributed by atoms with Crippen molar-refractivity contribution in [3.63, 3.8) is 0 Å². The Balaban J connectivity index is 0.00000242. The number of thiazole rings is 1. The Hall–Kier alpha value is -0.410. The van der Waals surface area contributed by atoms with E-state index >= 15 is 0 Å². The van der Waals surface area contributed by atoms with Crippen molar-refractivity contribution in [3.05, 3.63) is 16.1 Å². The number of nitrogens with two attached hydrogens (primary N) is 1. The van der Waals surface area contributed by atoms with Gasteiger partial charge in [0.15, 0.2) is 5.96 Å². The molecule has 1 aliphatic heterocycles. The van der Waals surface area contributed by atoms with Gasteiger partial charge in [0.05, 0.1) is 11.6 Å². The van der Waals surface area contributed by atoms with Crippen molar-refractivity contribution in [1.82, 2.24) is 15.2 Å². The Morgan fingerprint density at radius 3 is 3.05 bits per heavy atom. The molecule has 1 aromatic heterocycles. The topological polar surface area (TPSA) is 66.5 Å². The van der Waals surface area contributed by atoms with E-state index in [0.717, 1.165) is 32.5 Å². The molecule has 0 aliphatic carbocycles. The molecule has 1 unspecified atom stereocenters. The zero-order valence-electron chi connectivity index (χ0n) is 13.5. The number of aryl methyl sites for hydroxylation is 1. The van der Waals surface area contributed by atoms with Gasteiger partial charge in [-0.2, -0.15) is 0 Å². The normalized spacial score (nSPS) is 19.2. The summed E-state index contributed by atoms with van der Waals surface area (Å²) in [5, 5.41) is 4.36. The molecule has 0 amide bonds. The van der Waals surface area contributed by atoms with Crippen LogP contribution in [0.4, 0.5) is 0 Å². The number of hydrogen-bond acceptors (Lipinski definition) is 4. The largest absolute Gasteiger partial charge is 0.370 e. The van der Waals surface area contributed by atoms with Gasteiger partial charge in [0.1, 0.15) is 0 Å². The zero-order valence-corrected chi connectivity index (χ0v) is 16.7. The Labute approximate surface area is 154 Å². The summed E-state index contributed by atoms with van der Waals surface area (Å²) in [6, 6.07) is 0.571. The maximum atomic E-state index is 5.94. The average molecular weight is 437 g/mol. The third kappa shape index (κ3) is 6.00. The molecule has 1 aromatic rings. The smallest absolute Gasteiger partial charge is 0.188 e. The predicted molar refractivity (Wildman–Crippen MR) is 105 cm³/mol. The van der Waals surface area contributed by atoms with Gasteiger partial charge in [-0.15, -0.1) is 35.3 Å². The van der Waals surface area contributed by atoms with Gasteiger partial charge in [-0.25, -0.2) is 4.98 Å². The molecule has 7 heteroatoms. The van der Waals surface area contributed by atoms with E-state index in [2.05, 4.69) is 34.0 Å². The van der Waals surface area contributed by atoms with Crippen molar-refractivity contribution in [2.45, 2.75) is 45.6 Å². The second-order valence-electron chi connectivity index (χ2n) is 5.40. The van der Waals surface area contributed by atoms with Crippen LogP contribution < -0.4 is 11.1 Å². The molecule has 1 saturated heterocycles. The summed E-state index contributed by atoms with van der Waals surface area (Å²) in [6.07, 6.45) is 6.46. The molecule has 1 aliphatic rings. The Bertz CT molecular complexity index is 463. The van der Waals surface area contributed by atoms with Crippen LogP contribution in [0.25, 0.3) is 0 Å². The third-order valence-electron chi connectivity index (χ3n) is 3.97. The highest BCUT2D eigenvalue weighted by atomic mass is 127. The molecule has 3 N–H and O–H groups in total. The van der Waals surface area contributed by atoms with Crippen molar-refractivity contribution < 1.29 is 0 Å². The highest BCUT2D eigenvalue weighted by Crippen LogP contribution is 2.16. The number of aromatic nitrogens is 1. The number of nitrogens with zero attached hydrogens (tertiary/aromatic N) is 3. The number of guanidine groups is 1. The highest BCUT2D eigenvalue weighted by molar-refractivity contribution is 14.0. The number of halogens is 1. The lowest BCUT2D eigenvalue weighted by atomic mass is 10.2. The van der Waals surface area contributed by atoms with E-state index < -0.39 is 0 Å². The van der Waals surface area contributed by atoms with Crippen LogP contribution >= 0.6 is 35.3 Å². The number of hydrogen-bond donors (Lipinski definition) is 2. The van der Waals surface area contributed by atoms with Crippen molar-refractivity contribution in [2.75, 3.05) is 26.2 Å². The lowest BCUT2D eigenvalue weighted by Gasteiger charge is -2.20. The minimum absolute atomic E-state index is 0. The summed E-state index contributed by atoms with van der Waals surface area (Å²) in [5.74, 6) is 0.560. The van der Waals surface area contributed by atoms with Crippen molar-refractivity contribution >= 4 is 41.3 Å². The van der Waals surface area contributed by atoms with Crippen LogP contribution in [0.5, 0.6) is 0 Å². The molecule has 2 heterocycles. The summed E-state index contributed by atoms with van der Waals surface area (Å²) >= 11 is 1.78. The van der Waals surface area contributed by atoms with Gasteiger partial charge in [0.25, 0.3) is 0 Å². The van der Waals surface area contributed by atoms with Crippen molar-refractivity contribution in [2.24, 2.45) is 10.7 Å². The van der Waals surface area contributed by atoms with E-state index in [9.17, 15) is 0 Å². The van der Waals surface area contributed by atoms with Crippen molar-refractivity contribution in [3.8, 4) is 0 Å². The fourth-order valence-electron chi connectivity index (χ4n) is 2.70. The zero-order chi connectivity index (χ0) is 15.1. The number of aliphatic imine (C=N–C) groups is 1. The highest BCUT2D eigenvalue weighted by Gasteiger charge is 2.22. The lowest BCUT2D eigenvalue weighted by Crippen LogP contribution is -2.36. The van der Waals surface area contributed by atoms with E-state index in [1.807, 2.05) is 6.20 Å². The van der Waals surface area contributed by atoms with E-state index in [0.29, 0.717) is 12.0 Å². The molecule has 5 nitrogen and oxygen atoms in total. The third-order valence-corrected chi connectivity index (χ3v) is 5.17. The standard InChI is InChI=1S/C15H27N5S.HI/c1-3-13-11-18-14(21-13)7-8-17-15(16)19-10-12-6-5-9-20(12)4-2;/h11-12H,3-10H2,1-2H3,(H3,16,17,19);1H. The Kier molecular flexibility index (Phi) is 9.27. The first-order valence-corrected chi connectivity index (χ1v) is 8.76. The fraction of sp³-hybridized carbons (Fsp3) is 0.733. The maximum Gasteiger partial charge on any atom is 0.188 e. The number of likely N-dealkylation sites (N-methyl/N-ethyl adjacent to an activating group) is 1. The summed E-state index contributed by atoms with van der Waals surface area (Å²) in [5.41, 5.74) is 5.94. The van der Waals surface area contributed by atoms with Gasteiger partial charge in [-0.05, 0) is 32.4 Å². The molecule has 0 saturated carbocycles. The lowest BCUT2D eigenvalue weighted by molar-refractivity contribution is 0.273. The van der Waals surface area contributed by atoms with Gasteiger partial charge in [0.2, 0.25) is 0 Å². The van der Waals surface area contributed by atoms with Crippen molar-refractivity contribution in [1.29, 1.82) is 0 Å². The minimum Gasteiger partial charge on any atom is -0.370 e. The van der Waals surface area contributed by atoms with Gasteiger partial charge in [-0.3, -0.25) is 9.89 Å². The monoisotopic (exact) mass is 437 g/mol. The van der Waals surface area contributed by atoms with Crippen LogP contribution in [0.3, 0.4) is 0 Å². The van der Waals surface area contributed by atoms with E-state index in [-0.39, 0.29) is 24.0 Å². The number of likely N-dealkylation sites (tertiary alicyclic amines) is 1. The van der Waals surface area contributed by atoms with Gasteiger partial charge >= 0.3 is 0 Å². The average Bonchev–Trinajstić information content (AvgIpc) is 3.13. The molecule has 0 bridgehead atoms. The molecule has 22 heavy (non-hydrogen) atoms. The molecule has 126 valence electrons. The van der Waals surface area contributed by atoms with Crippen LogP contribution in [0.2, 0.25) is 0 Å². The first kappa shape index (κ1) is 19.6. The second-order valence-corrected chi connectivity index (χ2v) is 6.60. The quantitative estimate of drug-likeness (QED) is 0.390. The van der Waals surface area contributed by atoms with Gasteiger partial charge < -0.3 is 11.1 Å². The number of nitrogens with one attached hydrogen (secondary N) is 1. The summed E-state index contributed by atoms with van der Waals surface area (Å²) in [7, 11) is 0. The molecule has 2 rings (SSSR count). The van der Waals surface area contributed by atoms with Gasteiger partial charge in [-0.1, -0.05) is 13.8 Å². The van der Waals surface area contributed by atoms with E-state index in [1.165, 1.54) is 29.3 Å². The molecule has 1 fully saturated rings. The minimum atomic E-state index is 0. The number of rotatable bonds is 7. The summed E-state index contributed by atoms with van der Waals surface area (Å²) in [6.45, 7) is 8.29. The molecule has 0 spiro atoms. The first-order chi connectivity index (χ1) is 10.2. The van der Waals surface area contributed by atoms with E-state index in [1.54, 1.807) is 11.3 Å². The Morgan fingerprint density at radius 1 is 1.55 bits per heavy atom. The van der Waals surface area contributed by atoms with Crippen LogP contribution in [0, 0.1) is 0 Å². The van der Waals surface area contributed by atoms with Crippen LogP contribution in [0.1, 0.15) is 36.6 Å². The van der Waals surface area contributed by atoms with Crippen LogP contribution in [-0.2, 0) is 12.8 Å². The molecular formula is C15H28IN5S.